The van der Waals surface area contributed by atoms with Gasteiger partial charge in [0.2, 0.25) is 0 Å². The molecule has 2 heterocycles. The van der Waals surface area contributed by atoms with Crippen molar-refractivity contribution in [2.24, 2.45) is 7.05 Å². The number of benzene rings is 1. The average Bonchev–Trinajstić information content (AvgIpc) is 2.52. The highest BCUT2D eigenvalue weighted by atomic mass is 16.7. The normalized spacial score (nSPS) is 18.4. The second kappa shape index (κ2) is 6.14. The van der Waals surface area contributed by atoms with Crippen LogP contribution in [0, 0.1) is 0 Å². The minimum Gasteiger partial charge on any atom is -0.465 e. The fraction of sp³-hybridized carbons (Fsp3) is 0.353. The zero-order valence-electron chi connectivity index (χ0n) is 12.1. The molecule has 4 heteroatoms. The van der Waals surface area contributed by atoms with Gasteiger partial charge in [0.05, 0.1) is 6.61 Å². The van der Waals surface area contributed by atoms with Crippen LogP contribution in [0.3, 0.4) is 0 Å². The maximum absolute atomic E-state index is 11.7. The van der Waals surface area contributed by atoms with Crippen molar-refractivity contribution in [1.82, 2.24) is 4.57 Å². The topological polar surface area (TPSA) is 40.5 Å². The first-order valence-corrected chi connectivity index (χ1v) is 7.28. The van der Waals surface area contributed by atoms with Gasteiger partial charge in [-0.15, -0.1) is 0 Å². The van der Waals surface area contributed by atoms with Gasteiger partial charge in [-0.1, -0.05) is 12.1 Å². The van der Waals surface area contributed by atoms with E-state index in [0.29, 0.717) is 0 Å². The molecule has 1 aromatic heterocycles. The van der Waals surface area contributed by atoms with Gasteiger partial charge in [0.1, 0.15) is 5.75 Å². The van der Waals surface area contributed by atoms with Gasteiger partial charge in [0.25, 0.3) is 5.56 Å². The smallest absolute Gasteiger partial charge is 0.250 e. The summed E-state index contributed by atoms with van der Waals surface area (Å²) in [7, 11) is 1.74. The van der Waals surface area contributed by atoms with Crippen LogP contribution in [0.1, 0.15) is 19.3 Å². The van der Waals surface area contributed by atoms with Gasteiger partial charge in [-0.3, -0.25) is 4.79 Å². The number of pyridine rings is 1. The fourth-order valence-electron chi connectivity index (χ4n) is 2.41. The molecule has 1 saturated heterocycles. The Morgan fingerprint density at radius 1 is 1.14 bits per heavy atom. The average molecular weight is 285 g/mol. The number of aryl methyl sites for hydroxylation is 1. The SMILES string of the molecule is Cn1ccc(-c2ccc(OC3CCCCO3)cc2)cc1=O. The highest BCUT2D eigenvalue weighted by Gasteiger charge is 2.15. The van der Waals surface area contributed by atoms with E-state index in [1.54, 1.807) is 23.9 Å². The van der Waals surface area contributed by atoms with Crippen molar-refractivity contribution >= 4 is 0 Å². The minimum atomic E-state index is -0.131. The van der Waals surface area contributed by atoms with Gasteiger partial charge in [0.15, 0.2) is 6.29 Å². The predicted molar refractivity (Wildman–Crippen MR) is 81.3 cm³/mol. The number of nitrogens with zero attached hydrogens (tertiary/aromatic N) is 1. The third-order valence-corrected chi connectivity index (χ3v) is 3.70. The molecule has 0 aliphatic carbocycles. The molecule has 21 heavy (non-hydrogen) atoms. The highest BCUT2D eigenvalue weighted by molar-refractivity contribution is 5.63. The van der Waals surface area contributed by atoms with Gasteiger partial charge in [-0.25, -0.2) is 0 Å². The lowest BCUT2D eigenvalue weighted by Gasteiger charge is -2.23. The van der Waals surface area contributed by atoms with Crippen molar-refractivity contribution in [3.8, 4) is 16.9 Å². The van der Waals surface area contributed by atoms with E-state index < -0.39 is 0 Å². The Labute approximate surface area is 123 Å². The van der Waals surface area contributed by atoms with Crippen LogP contribution in [0.4, 0.5) is 0 Å². The van der Waals surface area contributed by atoms with E-state index in [2.05, 4.69) is 0 Å². The Kier molecular flexibility index (Phi) is 4.06. The number of hydrogen-bond donors (Lipinski definition) is 0. The molecule has 1 unspecified atom stereocenters. The Morgan fingerprint density at radius 3 is 2.62 bits per heavy atom. The first-order chi connectivity index (χ1) is 10.2. The summed E-state index contributed by atoms with van der Waals surface area (Å²) in [5, 5.41) is 0. The lowest BCUT2D eigenvalue weighted by molar-refractivity contribution is -0.105. The molecular formula is C17H19NO3. The predicted octanol–water partition coefficient (Wildman–Crippen LogP) is 2.96. The summed E-state index contributed by atoms with van der Waals surface area (Å²) in [6.07, 6.45) is 4.85. The van der Waals surface area contributed by atoms with Crippen molar-refractivity contribution < 1.29 is 9.47 Å². The molecule has 0 N–H and O–H groups in total. The van der Waals surface area contributed by atoms with Crippen LogP contribution in [0.2, 0.25) is 0 Å². The second-order valence-corrected chi connectivity index (χ2v) is 5.30. The van der Waals surface area contributed by atoms with Crippen LogP contribution in [0.5, 0.6) is 5.75 Å². The summed E-state index contributed by atoms with van der Waals surface area (Å²) >= 11 is 0. The number of hydrogen-bond acceptors (Lipinski definition) is 3. The Morgan fingerprint density at radius 2 is 1.95 bits per heavy atom. The van der Waals surface area contributed by atoms with E-state index in [-0.39, 0.29) is 11.8 Å². The zero-order chi connectivity index (χ0) is 14.7. The Balaban J connectivity index is 1.73. The molecule has 3 rings (SSSR count). The van der Waals surface area contributed by atoms with Crippen LogP contribution in [0.25, 0.3) is 11.1 Å². The first-order valence-electron chi connectivity index (χ1n) is 7.28. The minimum absolute atomic E-state index is 0.0107. The lowest BCUT2D eigenvalue weighted by atomic mass is 10.1. The highest BCUT2D eigenvalue weighted by Crippen LogP contribution is 2.23. The van der Waals surface area contributed by atoms with Crippen molar-refractivity contribution in [2.75, 3.05) is 6.61 Å². The van der Waals surface area contributed by atoms with Crippen molar-refractivity contribution in [2.45, 2.75) is 25.6 Å². The maximum atomic E-state index is 11.7. The number of aromatic nitrogens is 1. The van der Waals surface area contributed by atoms with E-state index >= 15 is 0 Å². The molecule has 0 spiro atoms. The molecule has 4 nitrogen and oxygen atoms in total. The van der Waals surface area contributed by atoms with E-state index in [0.717, 1.165) is 42.7 Å². The molecular weight excluding hydrogens is 266 g/mol. The zero-order valence-corrected chi connectivity index (χ0v) is 12.1. The molecule has 0 bridgehead atoms. The third kappa shape index (κ3) is 3.34. The quantitative estimate of drug-likeness (QED) is 0.870. The molecule has 2 aromatic rings. The van der Waals surface area contributed by atoms with Gasteiger partial charge in [0, 0.05) is 25.7 Å². The van der Waals surface area contributed by atoms with Gasteiger partial charge >= 0.3 is 0 Å². The van der Waals surface area contributed by atoms with E-state index in [9.17, 15) is 4.79 Å². The van der Waals surface area contributed by atoms with Gasteiger partial charge < -0.3 is 14.0 Å². The molecule has 0 saturated carbocycles. The number of ether oxygens (including phenoxy) is 2. The molecule has 1 aliphatic rings. The van der Waals surface area contributed by atoms with Gasteiger partial charge in [-0.05, 0) is 42.2 Å². The van der Waals surface area contributed by atoms with Crippen LogP contribution in [-0.2, 0) is 11.8 Å². The van der Waals surface area contributed by atoms with Crippen molar-refractivity contribution in [1.29, 1.82) is 0 Å². The monoisotopic (exact) mass is 285 g/mol. The third-order valence-electron chi connectivity index (χ3n) is 3.70. The van der Waals surface area contributed by atoms with E-state index in [1.807, 2.05) is 30.3 Å². The summed E-state index contributed by atoms with van der Waals surface area (Å²) in [5.74, 6) is 0.800. The Hall–Kier alpha value is -2.07. The maximum Gasteiger partial charge on any atom is 0.250 e. The summed E-state index contributed by atoms with van der Waals surface area (Å²) in [4.78, 5) is 11.7. The molecule has 1 atom stereocenters. The van der Waals surface area contributed by atoms with Crippen LogP contribution in [0.15, 0.2) is 47.4 Å². The molecule has 1 aromatic carbocycles. The van der Waals surface area contributed by atoms with Crippen LogP contribution >= 0.6 is 0 Å². The van der Waals surface area contributed by atoms with Crippen LogP contribution < -0.4 is 10.3 Å². The molecule has 0 amide bonds. The van der Waals surface area contributed by atoms with Crippen LogP contribution in [-0.4, -0.2) is 17.5 Å². The van der Waals surface area contributed by atoms with Crippen molar-refractivity contribution in [3.63, 3.8) is 0 Å². The summed E-state index contributed by atoms with van der Waals surface area (Å²) in [5.41, 5.74) is 1.91. The second-order valence-electron chi connectivity index (χ2n) is 5.30. The first kappa shape index (κ1) is 13.9. The van der Waals surface area contributed by atoms with Crippen molar-refractivity contribution in [3.05, 3.63) is 52.9 Å². The summed E-state index contributed by atoms with van der Waals surface area (Å²) < 4.78 is 12.9. The summed E-state index contributed by atoms with van der Waals surface area (Å²) in [6, 6.07) is 11.3. The fourth-order valence-corrected chi connectivity index (χ4v) is 2.41. The molecule has 0 radical (unpaired) electrons. The standard InChI is InChI=1S/C17H19NO3/c1-18-10-9-14(12-16(18)19)13-5-7-15(8-6-13)21-17-4-2-3-11-20-17/h5-10,12,17H,2-4,11H2,1H3. The Bertz CT molecular complexity index is 654. The van der Waals surface area contributed by atoms with Gasteiger partial charge in [-0.2, -0.15) is 0 Å². The molecule has 1 fully saturated rings. The summed E-state index contributed by atoms with van der Waals surface area (Å²) in [6.45, 7) is 0.774. The molecule has 110 valence electrons. The van der Waals surface area contributed by atoms with E-state index in [4.69, 9.17) is 9.47 Å². The number of rotatable bonds is 3. The van der Waals surface area contributed by atoms with E-state index in [1.165, 1.54) is 0 Å². The lowest BCUT2D eigenvalue weighted by Crippen LogP contribution is -2.24. The largest absolute Gasteiger partial charge is 0.465 e. The molecule has 1 aliphatic heterocycles.